The van der Waals surface area contributed by atoms with E-state index in [1.54, 1.807) is 0 Å². The van der Waals surface area contributed by atoms with Crippen molar-refractivity contribution in [2.45, 2.75) is 51.6 Å². The number of aromatic nitrogens is 3. The number of H-pyrrole nitrogens is 1. The number of aromatic amines is 1. The number of carbonyl (C=O) groups is 1. The third-order valence-corrected chi connectivity index (χ3v) is 3.47. The number of nitrogens with zero attached hydrogens (tertiary/aromatic N) is 3. The first kappa shape index (κ1) is 13.0. The van der Waals surface area contributed by atoms with Gasteiger partial charge in [-0.05, 0) is 26.2 Å². The number of nitrogens with one attached hydrogen (secondary N) is 1. The van der Waals surface area contributed by atoms with Crippen molar-refractivity contribution in [1.82, 2.24) is 20.1 Å². The Kier molecular flexibility index (Phi) is 3.96. The fraction of sp³-hybridized carbons (Fsp3) is 0.750. The summed E-state index contributed by atoms with van der Waals surface area (Å²) < 4.78 is 0. The lowest BCUT2D eigenvalue weighted by Gasteiger charge is -2.37. The molecule has 1 fully saturated rings. The first-order valence-corrected chi connectivity index (χ1v) is 6.61. The minimum absolute atomic E-state index is 0.0150. The average Bonchev–Trinajstić information content (AvgIpc) is 2.86. The van der Waals surface area contributed by atoms with E-state index in [4.69, 9.17) is 5.73 Å². The molecule has 1 aromatic rings. The fourth-order valence-electron chi connectivity index (χ4n) is 2.43. The van der Waals surface area contributed by atoms with Gasteiger partial charge in [0.15, 0.2) is 0 Å². The van der Waals surface area contributed by atoms with Crippen LogP contribution >= 0.6 is 0 Å². The normalized spacial score (nSPS) is 21.9. The third kappa shape index (κ3) is 2.53. The highest BCUT2D eigenvalue weighted by Gasteiger charge is 2.31. The zero-order chi connectivity index (χ0) is 13.1. The molecule has 1 aliphatic heterocycles. The Bertz CT molecular complexity index is 414. The Morgan fingerprint density at radius 1 is 1.61 bits per heavy atom. The van der Waals surface area contributed by atoms with Gasteiger partial charge in [-0.25, -0.2) is 4.98 Å². The maximum absolute atomic E-state index is 12.4. The van der Waals surface area contributed by atoms with Gasteiger partial charge >= 0.3 is 0 Å². The SMILES string of the molecule is CCc1nc(C(=O)N2CCCCC2C(C)N)n[nH]1. The molecule has 0 radical (unpaired) electrons. The number of rotatable bonds is 3. The van der Waals surface area contributed by atoms with Crippen LogP contribution in [0.1, 0.15) is 49.6 Å². The molecule has 2 atom stereocenters. The maximum atomic E-state index is 12.4. The number of hydrogen-bond acceptors (Lipinski definition) is 4. The van der Waals surface area contributed by atoms with Crippen LogP contribution in [-0.2, 0) is 6.42 Å². The Labute approximate surface area is 107 Å². The minimum Gasteiger partial charge on any atom is -0.331 e. The summed E-state index contributed by atoms with van der Waals surface area (Å²) in [5.74, 6) is 0.903. The standard InChI is InChI=1S/C12H21N5O/c1-3-10-14-11(16-15-10)12(18)17-7-5-4-6-9(17)8(2)13/h8-9H,3-7,13H2,1-2H3,(H,14,15,16). The molecule has 6 heteroatoms. The smallest absolute Gasteiger partial charge is 0.293 e. The van der Waals surface area contributed by atoms with Crippen molar-refractivity contribution in [2.24, 2.45) is 5.73 Å². The quantitative estimate of drug-likeness (QED) is 0.828. The van der Waals surface area contributed by atoms with Gasteiger partial charge in [0.05, 0.1) is 0 Å². The van der Waals surface area contributed by atoms with Crippen LogP contribution in [-0.4, -0.2) is 44.6 Å². The second-order valence-electron chi connectivity index (χ2n) is 4.88. The van der Waals surface area contributed by atoms with Crippen molar-refractivity contribution in [3.05, 3.63) is 11.6 Å². The van der Waals surface area contributed by atoms with E-state index in [0.29, 0.717) is 0 Å². The van der Waals surface area contributed by atoms with Crippen molar-refractivity contribution in [3.8, 4) is 0 Å². The topological polar surface area (TPSA) is 87.9 Å². The molecule has 2 heterocycles. The largest absolute Gasteiger partial charge is 0.331 e. The third-order valence-electron chi connectivity index (χ3n) is 3.47. The van der Waals surface area contributed by atoms with Crippen LogP contribution in [0.15, 0.2) is 0 Å². The first-order valence-electron chi connectivity index (χ1n) is 6.61. The van der Waals surface area contributed by atoms with Crippen LogP contribution in [0, 0.1) is 0 Å². The number of aryl methyl sites for hydroxylation is 1. The van der Waals surface area contributed by atoms with E-state index < -0.39 is 0 Å². The van der Waals surface area contributed by atoms with Gasteiger partial charge < -0.3 is 10.6 Å². The Morgan fingerprint density at radius 2 is 2.39 bits per heavy atom. The molecule has 6 nitrogen and oxygen atoms in total. The van der Waals surface area contributed by atoms with E-state index in [-0.39, 0.29) is 23.8 Å². The lowest BCUT2D eigenvalue weighted by atomic mass is 9.97. The molecule has 3 N–H and O–H groups in total. The maximum Gasteiger partial charge on any atom is 0.293 e. The van der Waals surface area contributed by atoms with E-state index in [0.717, 1.165) is 38.1 Å². The predicted molar refractivity (Wildman–Crippen MR) is 68.1 cm³/mol. The van der Waals surface area contributed by atoms with Crippen molar-refractivity contribution < 1.29 is 4.79 Å². The van der Waals surface area contributed by atoms with Gasteiger partial charge in [0, 0.05) is 25.0 Å². The molecule has 2 unspecified atom stereocenters. The Hall–Kier alpha value is -1.43. The predicted octanol–water partition coefficient (Wildman–Crippen LogP) is 0.709. The summed E-state index contributed by atoms with van der Waals surface area (Å²) in [4.78, 5) is 18.4. The van der Waals surface area contributed by atoms with E-state index in [2.05, 4.69) is 15.2 Å². The molecule has 1 aliphatic rings. The molecule has 0 spiro atoms. The van der Waals surface area contributed by atoms with Crippen LogP contribution < -0.4 is 5.73 Å². The summed E-state index contributed by atoms with van der Waals surface area (Å²) >= 11 is 0. The highest BCUT2D eigenvalue weighted by atomic mass is 16.2. The van der Waals surface area contributed by atoms with Gasteiger partial charge in [-0.2, -0.15) is 0 Å². The summed E-state index contributed by atoms with van der Waals surface area (Å²) in [5.41, 5.74) is 5.96. The second kappa shape index (κ2) is 5.48. The van der Waals surface area contributed by atoms with Gasteiger partial charge in [-0.3, -0.25) is 9.89 Å². The molecular weight excluding hydrogens is 230 g/mol. The highest BCUT2D eigenvalue weighted by Crippen LogP contribution is 2.20. The minimum atomic E-state index is -0.104. The summed E-state index contributed by atoms with van der Waals surface area (Å²) in [6.07, 6.45) is 3.87. The van der Waals surface area contributed by atoms with Gasteiger partial charge in [0.2, 0.25) is 5.82 Å². The molecule has 1 aromatic heterocycles. The van der Waals surface area contributed by atoms with Gasteiger partial charge in [0.1, 0.15) is 5.82 Å². The molecule has 100 valence electrons. The first-order chi connectivity index (χ1) is 8.63. The van der Waals surface area contributed by atoms with Crippen LogP contribution in [0.4, 0.5) is 0 Å². The van der Waals surface area contributed by atoms with E-state index in [9.17, 15) is 4.79 Å². The number of amides is 1. The van der Waals surface area contributed by atoms with Crippen LogP contribution in [0.25, 0.3) is 0 Å². The molecule has 0 aliphatic carbocycles. The van der Waals surface area contributed by atoms with E-state index >= 15 is 0 Å². The molecule has 0 aromatic carbocycles. The van der Waals surface area contributed by atoms with Crippen molar-refractivity contribution in [1.29, 1.82) is 0 Å². The number of piperidine rings is 1. The van der Waals surface area contributed by atoms with Crippen LogP contribution in [0.3, 0.4) is 0 Å². The zero-order valence-corrected chi connectivity index (χ0v) is 11.0. The van der Waals surface area contributed by atoms with Gasteiger partial charge in [0.25, 0.3) is 5.91 Å². The second-order valence-corrected chi connectivity index (χ2v) is 4.88. The molecule has 0 saturated carbocycles. The summed E-state index contributed by atoms with van der Waals surface area (Å²) in [5, 5.41) is 6.77. The molecule has 1 saturated heterocycles. The molecule has 2 rings (SSSR count). The van der Waals surface area contributed by atoms with Gasteiger partial charge in [-0.15, -0.1) is 5.10 Å². The monoisotopic (exact) mass is 251 g/mol. The number of hydrogen-bond donors (Lipinski definition) is 2. The molecule has 18 heavy (non-hydrogen) atoms. The molecular formula is C12H21N5O. The number of likely N-dealkylation sites (tertiary alicyclic amines) is 1. The van der Waals surface area contributed by atoms with E-state index in [1.807, 2.05) is 18.7 Å². The van der Waals surface area contributed by atoms with Crippen molar-refractivity contribution in [3.63, 3.8) is 0 Å². The molecule has 0 bridgehead atoms. The fourth-order valence-corrected chi connectivity index (χ4v) is 2.43. The van der Waals surface area contributed by atoms with Crippen molar-refractivity contribution in [2.75, 3.05) is 6.54 Å². The summed E-state index contributed by atoms with van der Waals surface area (Å²) in [7, 11) is 0. The van der Waals surface area contributed by atoms with Crippen molar-refractivity contribution >= 4 is 5.91 Å². The van der Waals surface area contributed by atoms with Crippen LogP contribution in [0.2, 0.25) is 0 Å². The lowest BCUT2D eigenvalue weighted by Crippen LogP contribution is -2.51. The number of carbonyl (C=O) groups excluding carboxylic acids is 1. The molecule has 1 amide bonds. The highest BCUT2D eigenvalue weighted by molar-refractivity contribution is 5.90. The van der Waals surface area contributed by atoms with Gasteiger partial charge in [-0.1, -0.05) is 6.92 Å². The Balaban J connectivity index is 2.15. The van der Waals surface area contributed by atoms with Crippen LogP contribution in [0.5, 0.6) is 0 Å². The lowest BCUT2D eigenvalue weighted by molar-refractivity contribution is 0.0571. The summed E-state index contributed by atoms with van der Waals surface area (Å²) in [6.45, 7) is 4.67. The summed E-state index contributed by atoms with van der Waals surface area (Å²) in [6, 6.07) is 0.0914. The van der Waals surface area contributed by atoms with E-state index in [1.165, 1.54) is 0 Å². The number of nitrogens with two attached hydrogens (primary N) is 1. The Morgan fingerprint density at radius 3 is 3.00 bits per heavy atom. The average molecular weight is 251 g/mol. The zero-order valence-electron chi connectivity index (χ0n) is 11.0.